The van der Waals surface area contributed by atoms with Crippen LogP contribution in [-0.2, 0) is 4.79 Å². The molecule has 0 spiro atoms. The Balaban J connectivity index is 1.68. The van der Waals surface area contributed by atoms with Crippen LogP contribution in [0, 0.1) is 0 Å². The highest BCUT2D eigenvalue weighted by molar-refractivity contribution is 8.00. The SMILES string of the molecule is CC(=O)c1ccccc1NC(=O)[C@@H](C)Sc1ccc2c(c1)OCCCO2. The summed E-state index contributed by atoms with van der Waals surface area (Å²) in [5.41, 5.74) is 1.05. The molecule has 0 aliphatic carbocycles. The van der Waals surface area contributed by atoms with Gasteiger partial charge in [-0.05, 0) is 44.2 Å². The fourth-order valence-corrected chi connectivity index (χ4v) is 3.50. The molecule has 1 N–H and O–H groups in total. The predicted octanol–water partition coefficient (Wildman–Crippen LogP) is 4.17. The highest BCUT2D eigenvalue weighted by atomic mass is 32.2. The number of thioether (sulfide) groups is 1. The van der Waals surface area contributed by atoms with Crippen LogP contribution in [0.4, 0.5) is 5.69 Å². The van der Waals surface area contributed by atoms with Gasteiger partial charge in [0.25, 0.3) is 0 Å². The molecular weight excluding hydrogens is 350 g/mol. The highest BCUT2D eigenvalue weighted by Gasteiger charge is 2.18. The van der Waals surface area contributed by atoms with Gasteiger partial charge in [-0.25, -0.2) is 0 Å². The Morgan fingerprint density at radius 2 is 1.81 bits per heavy atom. The summed E-state index contributed by atoms with van der Waals surface area (Å²) in [6.45, 7) is 4.59. The van der Waals surface area contributed by atoms with E-state index >= 15 is 0 Å². The van der Waals surface area contributed by atoms with Crippen molar-refractivity contribution in [1.82, 2.24) is 0 Å². The first-order valence-corrected chi connectivity index (χ1v) is 9.39. The molecule has 0 bridgehead atoms. The van der Waals surface area contributed by atoms with Crippen LogP contribution in [0.15, 0.2) is 47.4 Å². The Morgan fingerprint density at radius 3 is 2.58 bits per heavy atom. The molecule has 6 heteroatoms. The number of hydrogen-bond donors (Lipinski definition) is 1. The average Bonchev–Trinajstić information content (AvgIpc) is 2.86. The molecule has 1 aliphatic rings. The van der Waals surface area contributed by atoms with Crippen molar-refractivity contribution in [2.24, 2.45) is 0 Å². The van der Waals surface area contributed by atoms with Crippen molar-refractivity contribution in [3.8, 4) is 11.5 Å². The Kier molecular flexibility index (Phi) is 5.83. The van der Waals surface area contributed by atoms with Gasteiger partial charge in [-0.15, -0.1) is 11.8 Å². The lowest BCUT2D eigenvalue weighted by Crippen LogP contribution is -2.23. The number of amides is 1. The van der Waals surface area contributed by atoms with Crippen LogP contribution < -0.4 is 14.8 Å². The summed E-state index contributed by atoms with van der Waals surface area (Å²) in [7, 11) is 0. The molecular formula is C20H21NO4S. The molecule has 1 aliphatic heterocycles. The normalized spacial score (nSPS) is 14.2. The van der Waals surface area contributed by atoms with Crippen LogP contribution in [0.1, 0.15) is 30.6 Å². The van der Waals surface area contributed by atoms with Crippen molar-refractivity contribution < 1.29 is 19.1 Å². The Labute approximate surface area is 157 Å². The number of anilines is 1. The molecule has 1 heterocycles. The van der Waals surface area contributed by atoms with Crippen molar-refractivity contribution in [2.45, 2.75) is 30.4 Å². The van der Waals surface area contributed by atoms with Gasteiger partial charge < -0.3 is 14.8 Å². The molecule has 0 aromatic heterocycles. The lowest BCUT2D eigenvalue weighted by Gasteiger charge is -2.15. The maximum absolute atomic E-state index is 12.5. The van der Waals surface area contributed by atoms with Gasteiger partial charge >= 0.3 is 0 Å². The lowest BCUT2D eigenvalue weighted by molar-refractivity contribution is -0.115. The van der Waals surface area contributed by atoms with Gasteiger partial charge in [0, 0.05) is 16.9 Å². The number of fused-ring (bicyclic) bond motifs is 1. The van der Waals surface area contributed by atoms with Crippen LogP contribution in [0.25, 0.3) is 0 Å². The lowest BCUT2D eigenvalue weighted by atomic mass is 10.1. The fourth-order valence-electron chi connectivity index (χ4n) is 2.61. The van der Waals surface area contributed by atoms with Crippen molar-refractivity contribution in [2.75, 3.05) is 18.5 Å². The number of Topliss-reactive ketones (excluding diaryl/α,β-unsaturated/α-hetero) is 1. The Hall–Kier alpha value is -2.47. The second-order valence-corrected chi connectivity index (χ2v) is 7.42. The van der Waals surface area contributed by atoms with Gasteiger partial charge in [0.2, 0.25) is 5.91 Å². The van der Waals surface area contributed by atoms with E-state index in [-0.39, 0.29) is 16.9 Å². The zero-order chi connectivity index (χ0) is 18.5. The number of carbonyl (C=O) groups is 2. The molecule has 26 heavy (non-hydrogen) atoms. The predicted molar refractivity (Wildman–Crippen MR) is 102 cm³/mol. The molecule has 5 nitrogen and oxygen atoms in total. The smallest absolute Gasteiger partial charge is 0.237 e. The number of para-hydroxylation sites is 1. The van der Waals surface area contributed by atoms with E-state index in [1.54, 1.807) is 24.3 Å². The molecule has 1 atom stereocenters. The summed E-state index contributed by atoms with van der Waals surface area (Å²) >= 11 is 1.43. The molecule has 2 aromatic rings. The summed E-state index contributed by atoms with van der Waals surface area (Å²) in [5, 5.41) is 2.51. The number of ketones is 1. The molecule has 136 valence electrons. The molecule has 0 fully saturated rings. The standard InChI is InChI=1S/C20H21NO4S/c1-13(22)16-6-3-4-7-17(16)21-20(23)14(2)26-15-8-9-18-19(12-15)25-11-5-10-24-18/h3-4,6-9,12,14H,5,10-11H2,1-2H3,(H,21,23)/t14-/m1/s1. The number of ether oxygens (including phenoxy) is 2. The molecule has 3 rings (SSSR count). The van der Waals surface area contributed by atoms with Crippen molar-refractivity contribution >= 4 is 29.1 Å². The van der Waals surface area contributed by atoms with E-state index in [2.05, 4.69) is 5.32 Å². The largest absolute Gasteiger partial charge is 0.490 e. The van der Waals surface area contributed by atoms with Gasteiger partial charge in [-0.3, -0.25) is 9.59 Å². The van der Waals surface area contributed by atoms with E-state index in [0.717, 1.165) is 17.1 Å². The maximum atomic E-state index is 12.5. The van der Waals surface area contributed by atoms with E-state index < -0.39 is 0 Å². The summed E-state index contributed by atoms with van der Waals surface area (Å²) < 4.78 is 11.3. The minimum absolute atomic E-state index is 0.0795. The van der Waals surface area contributed by atoms with Gasteiger partial charge in [0.1, 0.15) is 0 Å². The first kappa shape index (κ1) is 18.3. The van der Waals surface area contributed by atoms with E-state index in [9.17, 15) is 9.59 Å². The van der Waals surface area contributed by atoms with Crippen LogP contribution in [0.3, 0.4) is 0 Å². The van der Waals surface area contributed by atoms with Crippen LogP contribution in [0.5, 0.6) is 11.5 Å². The number of rotatable bonds is 5. The molecule has 0 radical (unpaired) electrons. The molecule has 0 saturated heterocycles. The number of carbonyl (C=O) groups excluding carboxylic acids is 2. The van der Waals surface area contributed by atoms with Crippen molar-refractivity contribution in [3.63, 3.8) is 0 Å². The average molecular weight is 371 g/mol. The molecule has 0 saturated carbocycles. The van der Waals surface area contributed by atoms with E-state index in [1.165, 1.54) is 18.7 Å². The number of hydrogen-bond acceptors (Lipinski definition) is 5. The topological polar surface area (TPSA) is 64.6 Å². The van der Waals surface area contributed by atoms with Gasteiger partial charge in [0.15, 0.2) is 17.3 Å². The second kappa shape index (κ2) is 8.27. The number of benzene rings is 2. The third-order valence-corrected chi connectivity index (χ3v) is 5.06. The zero-order valence-corrected chi connectivity index (χ0v) is 15.6. The first-order valence-electron chi connectivity index (χ1n) is 8.52. The summed E-state index contributed by atoms with van der Waals surface area (Å²) in [5.74, 6) is 1.21. The minimum atomic E-state index is -0.334. The first-order chi connectivity index (χ1) is 12.5. The van der Waals surface area contributed by atoms with E-state index in [1.807, 2.05) is 25.1 Å². The van der Waals surface area contributed by atoms with Gasteiger partial charge in [-0.2, -0.15) is 0 Å². The van der Waals surface area contributed by atoms with E-state index in [0.29, 0.717) is 30.2 Å². The quantitative estimate of drug-likeness (QED) is 0.631. The highest BCUT2D eigenvalue weighted by Crippen LogP contribution is 2.35. The van der Waals surface area contributed by atoms with Crippen molar-refractivity contribution in [3.05, 3.63) is 48.0 Å². The maximum Gasteiger partial charge on any atom is 0.237 e. The Bertz CT molecular complexity index is 821. The zero-order valence-electron chi connectivity index (χ0n) is 14.8. The Morgan fingerprint density at radius 1 is 1.08 bits per heavy atom. The van der Waals surface area contributed by atoms with Crippen molar-refractivity contribution in [1.29, 1.82) is 0 Å². The minimum Gasteiger partial charge on any atom is -0.490 e. The van der Waals surface area contributed by atoms with Gasteiger partial charge in [0.05, 0.1) is 24.2 Å². The molecule has 0 unspecified atom stereocenters. The third-order valence-electron chi connectivity index (χ3n) is 3.97. The second-order valence-electron chi connectivity index (χ2n) is 6.01. The molecule has 2 aromatic carbocycles. The summed E-state index contributed by atoms with van der Waals surface area (Å²) in [6.07, 6.45) is 0.853. The monoisotopic (exact) mass is 371 g/mol. The van der Waals surface area contributed by atoms with Crippen LogP contribution in [-0.4, -0.2) is 30.2 Å². The van der Waals surface area contributed by atoms with Gasteiger partial charge in [-0.1, -0.05) is 12.1 Å². The number of nitrogens with one attached hydrogen (secondary N) is 1. The summed E-state index contributed by atoms with van der Waals surface area (Å²) in [6, 6.07) is 12.7. The van der Waals surface area contributed by atoms with Crippen LogP contribution in [0.2, 0.25) is 0 Å². The van der Waals surface area contributed by atoms with Crippen LogP contribution >= 0.6 is 11.8 Å². The fraction of sp³-hybridized carbons (Fsp3) is 0.300. The third kappa shape index (κ3) is 4.38. The summed E-state index contributed by atoms with van der Waals surface area (Å²) in [4.78, 5) is 25.2. The molecule has 1 amide bonds. The van der Waals surface area contributed by atoms with E-state index in [4.69, 9.17) is 9.47 Å².